The fourth-order valence-corrected chi connectivity index (χ4v) is 6.47. The maximum absolute atomic E-state index is 14.1. The van der Waals surface area contributed by atoms with Crippen molar-refractivity contribution in [2.45, 2.75) is 37.8 Å². The first-order valence-electron chi connectivity index (χ1n) is 14.2. The molecule has 6 aromatic heterocycles. The normalized spacial score (nSPS) is 17.7. The van der Waals surface area contributed by atoms with E-state index in [0.717, 1.165) is 63.0 Å². The largest absolute Gasteiger partial charge is 0.348 e. The van der Waals surface area contributed by atoms with Gasteiger partial charge in [-0.2, -0.15) is 10.2 Å². The van der Waals surface area contributed by atoms with Crippen LogP contribution in [0.1, 0.15) is 49.2 Å². The average molecular weight is 855 g/mol. The Morgan fingerprint density at radius 1 is 0.800 bits per heavy atom. The topological polar surface area (TPSA) is 101 Å². The molecule has 0 aliphatic carbocycles. The minimum absolute atomic E-state index is 0.0586. The molecule has 0 aromatic carbocycles. The molecule has 2 aliphatic rings. The molecule has 0 radical (unpaired) electrons. The van der Waals surface area contributed by atoms with E-state index in [-0.39, 0.29) is 23.7 Å². The predicted octanol–water partition coefficient (Wildman–Crippen LogP) is 6.84. The number of hydrogen-bond acceptors (Lipinski definition) is 8. The zero-order chi connectivity index (χ0) is 31.3. The van der Waals surface area contributed by atoms with Crippen LogP contribution in [0, 0.1) is 18.8 Å². The van der Waals surface area contributed by atoms with E-state index < -0.39 is 0 Å². The lowest BCUT2D eigenvalue weighted by Gasteiger charge is -2.25. The van der Waals surface area contributed by atoms with E-state index in [9.17, 15) is 8.78 Å². The summed E-state index contributed by atoms with van der Waals surface area (Å²) in [5.74, 6) is 0.398. The number of hydrogen-bond donors (Lipinski definition) is 1. The highest BCUT2D eigenvalue weighted by atomic mass is 127. The molecule has 15 heteroatoms. The Morgan fingerprint density at radius 3 is 2.09 bits per heavy atom. The van der Waals surface area contributed by atoms with E-state index in [4.69, 9.17) is 16.6 Å². The summed E-state index contributed by atoms with van der Waals surface area (Å²) in [5, 5.41) is 12.0. The molecule has 10 nitrogen and oxygen atoms in total. The summed E-state index contributed by atoms with van der Waals surface area (Å²) in [6.07, 6.45) is 14.5. The van der Waals surface area contributed by atoms with Gasteiger partial charge in [0.1, 0.15) is 22.6 Å². The first kappa shape index (κ1) is 31.9. The predicted molar refractivity (Wildman–Crippen MR) is 184 cm³/mol. The third-order valence-corrected chi connectivity index (χ3v) is 9.16. The minimum atomic E-state index is -0.251. The molecule has 0 saturated carbocycles. The van der Waals surface area contributed by atoms with Crippen LogP contribution in [-0.2, 0) is 0 Å². The van der Waals surface area contributed by atoms with Crippen molar-refractivity contribution in [1.82, 2.24) is 44.5 Å². The fraction of sp³-hybridized carbons (Fsp3) is 0.267. The molecule has 0 spiro atoms. The molecule has 45 heavy (non-hydrogen) atoms. The maximum Gasteiger partial charge on any atom is 0.170 e. The van der Waals surface area contributed by atoms with Crippen molar-refractivity contribution >= 4 is 73.9 Å². The van der Waals surface area contributed by atoms with Crippen molar-refractivity contribution in [3.8, 4) is 0 Å². The summed E-state index contributed by atoms with van der Waals surface area (Å²) in [4.78, 5) is 19.2. The van der Waals surface area contributed by atoms with Crippen LogP contribution in [0.15, 0.2) is 73.6 Å². The summed E-state index contributed by atoms with van der Waals surface area (Å²) in [6.45, 7) is 1.83. The molecule has 2 aliphatic heterocycles. The Bertz CT molecular complexity index is 1910. The Balaban J connectivity index is 0.000000131. The monoisotopic (exact) mass is 854 g/mol. The summed E-state index contributed by atoms with van der Waals surface area (Å²) >= 11 is 10.1. The third-order valence-electron chi connectivity index (χ3n) is 7.43. The van der Waals surface area contributed by atoms with Gasteiger partial charge in [0.15, 0.2) is 11.3 Å². The van der Waals surface area contributed by atoms with Gasteiger partial charge in [-0.3, -0.25) is 9.97 Å². The first-order chi connectivity index (χ1) is 21.9. The number of nitrogens with zero attached hydrogens (tertiary/aromatic N) is 9. The van der Waals surface area contributed by atoms with Gasteiger partial charge < -0.3 is 10.2 Å². The van der Waals surface area contributed by atoms with Crippen molar-refractivity contribution in [2.24, 2.45) is 0 Å². The van der Waals surface area contributed by atoms with Crippen LogP contribution in [-0.4, -0.2) is 52.3 Å². The van der Waals surface area contributed by atoms with Crippen LogP contribution in [0.4, 0.5) is 14.6 Å². The highest BCUT2D eigenvalue weighted by Gasteiger charge is 2.30. The van der Waals surface area contributed by atoms with Crippen molar-refractivity contribution < 1.29 is 8.78 Å². The number of fused-ring (bicyclic) bond motifs is 2. The second-order valence-electron chi connectivity index (χ2n) is 10.3. The van der Waals surface area contributed by atoms with E-state index in [0.29, 0.717) is 16.5 Å². The number of nitrogens with one attached hydrogen (secondary N) is 1. The van der Waals surface area contributed by atoms with Crippen LogP contribution in [0.5, 0.6) is 0 Å². The second kappa shape index (κ2) is 14.6. The van der Waals surface area contributed by atoms with Gasteiger partial charge in [0, 0.05) is 31.3 Å². The zero-order valence-electron chi connectivity index (χ0n) is 23.7. The van der Waals surface area contributed by atoms with Crippen LogP contribution in [0.2, 0.25) is 5.15 Å². The molecule has 1 N–H and O–H groups in total. The molecule has 0 unspecified atom stereocenters. The summed E-state index contributed by atoms with van der Waals surface area (Å²) in [6, 6.07) is 9.87. The summed E-state index contributed by atoms with van der Waals surface area (Å²) < 4.78 is 32.7. The van der Waals surface area contributed by atoms with Gasteiger partial charge in [-0.15, -0.1) is 0 Å². The average Bonchev–Trinajstić information content (AvgIpc) is 3.88. The van der Waals surface area contributed by atoms with E-state index >= 15 is 0 Å². The first-order valence-corrected chi connectivity index (χ1v) is 16.8. The molecule has 8 heterocycles. The van der Waals surface area contributed by atoms with Gasteiger partial charge in [0.25, 0.3) is 0 Å². The summed E-state index contributed by atoms with van der Waals surface area (Å²) in [7, 11) is 0. The van der Waals surface area contributed by atoms with Crippen molar-refractivity contribution in [3.05, 3.63) is 109 Å². The molecule has 2 saturated heterocycles. The van der Waals surface area contributed by atoms with E-state index in [2.05, 4.69) is 80.5 Å². The lowest BCUT2D eigenvalue weighted by molar-refractivity contribution is 0.541. The molecule has 0 amide bonds. The number of pyridine rings is 2. The Hall–Kier alpha value is -3.09. The lowest BCUT2D eigenvalue weighted by atomic mass is 10.1. The molecule has 6 aromatic rings. The highest BCUT2D eigenvalue weighted by Crippen LogP contribution is 2.35. The van der Waals surface area contributed by atoms with E-state index in [1.807, 2.05) is 12.3 Å². The van der Waals surface area contributed by atoms with Crippen molar-refractivity contribution in [3.63, 3.8) is 0 Å². The fourth-order valence-electron chi connectivity index (χ4n) is 5.35. The Labute approximate surface area is 289 Å². The molecule has 232 valence electrons. The van der Waals surface area contributed by atoms with Gasteiger partial charge >= 0.3 is 0 Å². The van der Waals surface area contributed by atoms with Crippen molar-refractivity contribution in [2.75, 3.05) is 18.0 Å². The Kier molecular flexibility index (Phi) is 10.3. The van der Waals surface area contributed by atoms with Crippen LogP contribution in [0.3, 0.4) is 0 Å². The van der Waals surface area contributed by atoms with Gasteiger partial charge in [0.2, 0.25) is 0 Å². The maximum atomic E-state index is 14.1. The van der Waals surface area contributed by atoms with Gasteiger partial charge in [-0.05, 0) is 114 Å². The van der Waals surface area contributed by atoms with Crippen molar-refractivity contribution in [1.29, 1.82) is 0 Å². The highest BCUT2D eigenvalue weighted by molar-refractivity contribution is 14.1. The SMILES string of the molecule is Clc1ccn2ncc(I)c2n1.Fc1cccnc1[C@H]1CCCN1.Fc1cccnc1[C@H]1CCCN1c1ccn2ncc(I)c2n1. The Morgan fingerprint density at radius 2 is 1.44 bits per heavy atom. The minimum Gasteiger partial charge on any atom is -0.348 e. The summed E-state index contributed by atoms with van der Waals surface area (Å²) in [5.41, 5.74) is 2.70. The smallest absolute Gasteiger partial charge is 0.170 e. The van der Waals surface area contributed by atoms with Crippen LogP contribution < -0.4 is 10.2 Å². The number of anilines is 1. The van der Waals surface area contributed by atoms with E-state index in [1.165, 1.54) is 12.1 Å². The van der Waals surface area contributed by atoms with Gasteiger partial charge in [-0.25, -0.2) is 27.8 Å². The zero-order valence-corrected chi connectivity index (χ0v) is 28.8. The second-order valence-corrected chi connectivity index (χ2v) is 13.0. The lowest BCUT2D eigenvalue weighted by Crippen LogP contribution is -2.25. The molecular formula is C30H27ClF2I2N10. The van der Waals surface area contributed by atoms with Crippen LogP contribution >= 0.6 is 56.8 Å². The number of aromatic nitrogens is 8. The molecular weight excluding hydrogens is 828 g/mol. The number of rotatable bonds is 3. The standard InChI is InChI=1S/C15H13FIN5.C9H11FN2.C6H3ClIN3/c16-10-3-1-6-18-14(10)12-4-2-7-21(12)13-5-8-22-15(20-13)11(17)9-19-22;10-7-3-1-6-12-9(7)8-4-2-5-11-8;7-5-1-2-11-6(10-5)4(8)3-9-11/h1,3,5-6,8-9,12H,2,4,7H2;1,3,6,8,11H,2,4-5H2;1-3H/t12-;8-;/m11./s1. The molecule has 8 rings (SSSR count). The quantitative estimate of drug-likeness (QED) is 0.153. The molecule has 2 fully saturated rings. The van der Waals surface area contributed by atoms with Gasteiger partial charge in [0.05, 0.1) is 43.0 Å². The molecule has 2 atom stereocenters. The third kappa shape index (κ3) is 7.33. The van der Waals surface area contributed by atoms with Crippen LogP contribution in [0.25, 0.3) is 11.3 Å². The number of halogens is 5. The van der Waals surface area contributed by atoms with E-state index in [1.54, 1.807) is 58.2 Å². The molecule has 0 bridgehead atoms. The van der Waals surface area contributed by atoms with Gasteiger partial charge in [-0.1, -0.05) is 11.6 Å².